The van der Waals surface area contributed by atoms with Gasteiger partial charge in [-0.25, -0.2) is 0 Å². The fourth-order valence-electron chi connectivity index (χ4n) is 3.50. The van der Waals surface area contributed by atoms with Crippen molar-refractivity contribution in [3.63, 3.8) is 0 Å². The molecule has 2 nitrogen and oxygen atoms in total. The summed E-state index contributed by atoms with van der Waals surface area (Å²) in [5, 5.41) is 13.1. The second kappa shape index (κ2) is 4.32. The third-order valence-corrected chi connectivity index (χ3v) is 6.12. The Morgan fingerprint density at radius 2 is 2.28 bits per heavy atom. The molecule has 1 aliphatic carbocycles. The predicted octanol–water partition coefficient (Wildman–Crippen LogP) is 3.61. The molecule has 1 saturated carbocycles. The van der Waals surface area contributed by atoms with E-state index < -0.39 is 5.60 Å². The molecule has 1 aromatic rings. The van der Waals surface area contributed by atoms with E-state index in [-0.39, 0.29) is 5.60 Å². The molecule has 2 aliphatic rings. The highest BCUT2D eigenvalue weighted by Gasteiger charge is 2.48. The Labute approximate surface area is 113 Å². The quantitative estimate of drug-likeness (QED) is 0.886. The zero-order chi connectivity index (χ0) is 12.8. The number of rotatable bonds is 2. The predicted molar refractivity (Wildman–Crippen MR) is 73.9 cm³/mol. The summed E-state index contributed by atoms with van der Waals surface area (Å²) in [7, 11) is 0. The molecule has 2 unspecified atom stereocenters. The SMILES string of the molecule is Cc1ccsc1C(C)(O)C1CCOC2(CCC2)C1. The van der Waals surface area contributed by atoms with E-state index in [1.165, 1.54) is 24.8 Å². The van der Waals surface area contributed by atoms with Crippen LogP contribution in [0.25, 0.3) is 0 Å². The van der Waals surface area contributed by atoms with Crippen molar-refractivity contribution in [2.24, 2.45) is 5.92 Å². The summed E-state index contributed by atoms with van der Waals surface area (Å²) in [6, 6.07) is 2.10. The second-order valence-electron chi connectivity index (χ2n) is 6.16. The number of aliphatic hydroxyl groups is 1. The van der Waals surface area contributed by atoms with Crippen LogP contribution >= 0.6 is 11.3 Å². The van der Waals surface area contributed by atoms with Gasteiger partial charge in [0.05, 0.1) is 11.2 Å². The standard InChI is InChI=1S/C15H22O2S/c1-11-5-9-18-13(11)14(2,16)12-4-8-17-15(10-12)6-3-7-15/h5,9,12,16H,3-4,6-8,10H2,1-2H3. The second-order valence-corrected chi connectivity index (χ2v) is 7.07. The van der Waals surface area contributed by atoms with Gasteiger partial charge in [-0.3, -0.25) is 0 Å². The van der Waals surface area contributed by atoms with E-state index in [1.54, 1.807) is 11.3 Å². The molecule has 2 atom stereocenters. The number of hydrogen-bond acceptors (Lipinski definition) is 3. The van der Waals surface area contributed by atoms with E-state index in [0.29, 0.717) is 5.92 Å². The zero-order valence-corrected chi connectivity index (χ0v) is 12.1. The Morgan fingerprint density at radius 1 is 1.50 bits per heavy atom. The molecule has 1 spiro atoms. The molecule has 0 bridgehead atoms. The van der Waals surface area contributed by atoms with Gasteiger partial charge in [0.25, 0.3) is 0 Å². The normalized spacial score (nSPS) is 29.8. The minimum Gasteiger partial charge on any atom is -0.384 e. The summed E-state index contributed by atoms with van der Waals surface area (Å²) in [4.78, 5) is 1.14. The highest BCUT2D eigenvalue weighted by atomic mass is 32.1. The van der Waals surface area contributed by atoms with Crippen LogP contribution in [0.4, 0.5) is 0 Å². The van der Waals surface area contributed by atoms with Gasteiger partial charge in [-0.05, 0) is 68.9 Å². The summed E-state index contributed by atoms with van der Waals surface area (Å²) in [5.41, 5.74) is 0.641. The number of ether oxygens (including phenoxy) is 1. The molecule has 3 heteroatoms. The molecule has 0 amide bonds. The molecule has 100 valence electrons. The van der Waals surface area contributed by atoms with Crippen LogP contribution in [0, 0.1) is 12.8 Å². The number of aryl methyl sites for hydroxylation is 1. The first-order chi connectivity index (χ1) is 8.54. The van der Waals surface area contributed by atoms with Crippen molar-refractivity contribution in [2.75, 3.05) is 6.61 Å². The van der Waals surface area contributed by atoms with Crippen molar-refractivity contribution in [3.05, 3.63) is 21.9 Å². The maximum atomic E-state index is 11.0. The van der Waals surface area contributed by atoms with Crippen molar-refractivity contribution in [2.45, 2.75) is 57.2 Å². The van der Waals surface area contributed by atoms with Gasteiger partial charge >= 0.3 is 0 Å². The van der Waals surface area contributed by atoms with Crippen LogP contribution in [0.2, 0.25) is 0 Å². The van der Waals surface area contributed by atoms with Crippen LogP contribution < -0.4 is 0 Å². The molecule has 3 rings (SSSR count). The van der Waals surface area contributed by atoms with E-state index in [4.69, 9.17) is 4.74 Å². The molecule has 0 radical (unpaired) electrons. The minimum absolute atomic E-state index is 0.109. The number of hydrogen-bond donors (Lipinski definition) is 1. The van der Waals surface area contributed by atoms with E-state index in [9.17, 15) is 5.11 Å². The fourth-order valence-corrected chi connectivity index (χ4v) is 4.57. The van der Waals surface area contributed by atoms with E-state index in [2.05, 4.69) is 18.4 Å². The van der Waals surface area contributed by atoms with Crippen LogP contribution in [0.3, 0.4) is 0 Å². The molecule has 1 N–H and O–H groups in total. The molecule has 1 aliphatic heterocycles. The first-order valence-electron chi connectivity index (χ1n) is 6.94. The van der Waals surface area contributed by atoms with Crippen LogP contribution in [0.15, 0.2) is 11.4 Å². The molecule has 2 heterocycles. The highest BCUT2D eigenvalue weighted by Crippen LogP contribution is 2.49. The lowest BCUT2D eigenvalue weighted by atomic mass is 9.67. The van der Waals surface area contributed by atoms with Gasteiger partial charge in [0.15, 0.2) is 0 Å². The molecular weight excluding hydrogens is 244 g/mol. The molecular formula is C15H22O2S. The summed E-state index contributed by atoms with van der Waals surface area (Å²) in [5.74, 6) is 0.337. The Balaban J connectivity index is 1.83. The maximum absolute atomic E-state index is 11.0. The Hall–Kier alpha value is -0.380. The minimum atomic E-state index is -0.690. The lowest BCUT2D eigenvalue weighted by molar-refractivity contribution is -0.173. The number of thiophene rings is 1. The van der Waals surface area contributed by atoms with Crippen molar-refractivity contribution in [3.8, 4) is 0 Å². The van der Waals surface area contributed by atoms with Gasteiger partial charge in [0.1, 0.15) is 0 Å². The Bertz CT molecular complexity index is 431. The van der Waals surface area contributed by atoms with Crippen molar-refractivity contribution in [1.82, 2.24) is 0 Å². The van der Waals surface area contributed by atoms with Crippen LogP contribution in [0.1, 0.15) is 49.5 Å². The first kappa shape index (κ1) is 12.6. The lowest BCUT2D eigenvalue weighted by Gasteiger charge is -2.50. The van der Waals surface area contributed by atoms with Gasteiger partial charge in [-0.15, -0.1) is 11.3 Å². The smallest absolute Gasteiger partial charge is 0.0992 e. The van der Waals surface area contributed by atoms with Crippen LogP contribution in [0.5, 0.6) is 0 Å². The summed E-state index contributed by atoms with van der Waals surface area (Å²) in [6.07, 6.45) is 5.66. The van der Waals surface area contributed by atoms with Gasteiger partial charge in [0.2, 0.25) is 0 Å². The van der Waals surface area contributed by atoms with E-state index in [1.807, 2.05) is 6.92 Å². The Kier molecular flexibility index (Phi) is 3.04. The molecule has 1 saturated heterocycles. The van der Waals surface area contributed by atoms with Gasteiger partial charge in [-0.1, -0.05) is 0 Å². The van der Waals surface area contributed by atoms with Gasteiger partial charge in [-0.2, -0.15) is 0 Å². The van der Waals surface area contributed by atoms with E-state index in [0.717, 1.165) is 24.3 Å². The molecule has 18 heavy (non-hydrogen) atoms. The fraction of sp³-hybridized carbons (Fsp3) is 0.733. The van der Waals surface area contributed by atoms with Crippen LogP contribution in [-0.4, -0.2) is 17.3 Å². The largest absolute Gasteiger partial charge is 0.384 e. The summed E-state index contributed by atoms with van der Waals surface area (Å²) >= 11 is 1.69. The Morgan fingerprint density at radius 3 is 2.83 bits per heavy atom. The topological polar surface area (TPSA) is 29.5 Å². The third-order valence-electron chi connectivity index (χ3n) is 4.87. The summed E-state index contributed by atoms with van der Waals surface area (Å²) in [6.45, 7) is 4.90. The third kappa shape index (κ3) is 1.93. The lowest BCUT2D eigenvalue weighted by Crippen LogP contribution is -2.49. The van der Waals surface area contributed by atoms with Gasteiger partial charge in [0, 0.05) is 11.5 Å². The van der Waals surface area contributed by atoms with Crippen molar-refractivity contribution >= 4 is 11.3 Å². The monoisotopic (exact) mass is 266 g/mol. The highest BCUT2D eigenvalue weighted by molar-refractivity contribution is 7.10. The summed E-state index contributed by atoms with van der Waals surface area (Å²) < 4.78 is 5.97. The van der Waals surface area contributed by atoms with E-state index >= 15 is 0 Å². The first-order valence-corrected chi connectivity index (χ1v) is 7.82. The van der Waals surface area contributed by atoms with Crippen molar-refractivity contribution in [1.29, 1.82) is 0 Å². The molecule has 2 fully saturated rings. The molecule has 0 aromatic carbocycles. The van der Waals surface area contributed by atoms with Gasteiger partial charge < -0.3 is 9.84 Å². The molecule has 1 aromatic heterocycles. The zero-order valence-electron chi connectivity index (χ0n) is 11.2. The average molecular weight is 266 g/mol. The maximum Gasteiger partial charge on any atom is 0.0992 e. The average Bonchev–Trinajstić information content (AvgIpc) is 2.74. The van der Waals surface area contributed by atoms with Crippen LogP contribution in [-0.2, 0) is 10.3 Å². The van der Waals surface area contributed by atoms with Crippen molar-refractivity contribution < 1.29 is 9.84 Å².